The van der Waals surface area contributed by atoms with Crippen LogP contribution in [-0.4, -0.2) is 62.2 Å². The fourth-order valence-electron chi connectivity index (χ4n) is 2.69. The van der Waals surface area contributed by atoms with E-state index in [-0.39, 0.29) is 18.8 Å². The van der Waals surface area contributed by atoms with E-state index in [2.05, 4.69) is 4.90 Å². The first kappa shape index (κ1) is 16.1. The molecule has 0 amide bonds. The molecule has 1 fully saturated rings. The summed E-state index contributed by atoms with van der Waals surface area (Å²) in [5.41, 5.74) is 0. The van der Waals surface area contributed by atoms with Crippen molar-refractivity contribution in [3.05, 3.63) is 24.3 Å². The summed E-state index contributed by atoms with van der Waals surface area (Å²) < 4.78 is 16.7. The number of hydrogen-bond donors (Lipinski definition) is 1. The van der Waals surface area contributed by atoms with Gasteiger partial charge in [-0.25, -0.2) is 0 Å². The lowest BCUT2D eigenvalue weighted by Crippen LogP contribution is -2.35. The molecule has 2 rings (SSSR count). The van der Waals surface area contributed by atoms with Crippen molar-refractivity contribution in [1.82, 2.24) is 4.90 Å². The molecule has 1 aliphatic rings. The van der Waals surface area contributed by atoms with Crippen molar-refractivity contribution in [1.29, 1.82) is 0 Å². The van der Waals surface area contributed by atoms with E-state index >= 15 is 0 Å². The molecule has 1 heterocycles. The number of ether oxygens (including phenoxy) is 3. The van der Waals surface area contributed by atoms with Crippen molar-refractivity contribution in [2.45, 2.75) is 25.5 Å². The molecule has 0 saturated carbocycles. The van der Waals surface area contributed by atoms with Crippen molar-refractivity contribution >= 4 is 0 Å². The Morgan fingerprint density at radius 2 is 1.95 bits per heavy atom. The number of aliphatic hydroxyl groups is 1. The summed E-state index contributed by atoms with van der Waals surface area (Å²) >= 11 is 0. The smallest absolute Gasteiger partial charge is 0.161 e. The van der Waals surface area contributed by atoms with Crippen LogP contribution in [0.5, 0.6) is 11.5 Å². The van der Waals surface area contributed by atoms with Crippen LogP contribution < -0.4 is 9.47 Å². The van der Waals surface area contributed by atoms with Crippen LogP contribution in [0.4, 0.5) is 0 Å². The van der Waals surface area contributed by atoms with Crippen LogP contribution in [-0.2, 0) is 4.74 Å². The first-order chi connectivity index (χ1) is 10.3. The van der Waals surface area contributed by atoms with Gasteiger partial charge in [-0.05, 0) is 25.5 Å². The largest absolute Gasteiger partial charge is 0.490 e. The van der Waals surface area contributed by atoms with Gasteiger partial charge in [0.2, 0.25) is 0 Å². The molecule has 0 radical (unpaired) electrons. The van der Waals surface area contributed by atoms with Gasteiger partial charge in [-0.3, -0.25) is 4.90 Å². The van der Waals surface area contributed by atoms with Gasteiger partial charge < -0.3 is 19.3 Å². The number of likely N-dealkylation sites (tertiary alicyclic amines) is 1. The standard InChI is InChI=1S/C16H25NO4/c1-3-20-15-6-4-5-7-16(15)21-9-8-17-11-14(19-2)10-13(17)12-18/h4-7,13-14,18H,3,8-12H2,1-2H3/t13-,14-/m0/s1. The summed E-state index contributed by atoms with van der Waals surface area (Å²) in [7, 11) is 1.72. The molecule has 1 aliphatic heterocycles. The highest BCUT2D eigenvalue weighted by Crippen LogP contribution is 2.26. The van der Waals surface area contributed by atoms with Gasteiger partial charge in [0, 0.05) is 26.2 Å². The number of para-hydroxylation sites is 2. The Labute approximate surface area is 126 Å². The van der Waals surface area contributed by atoms with Gasteiger partial charge >= 0.3 is 0 Å². The Morgan fingerprint density at radius 1 is 1.24 bits per heavy atom. The third kappa shape index (κ3) is 4.33. The summed E-state index contributed by atoms with van der Waals surface area (Å²) in [6, 6.07) is 7.86. The quantitative estimate of drug-likeness (QED) is 0.788. The minimum Gasteiger partial charge on any atom is -0.490 e. The number of benzene rings is 1. The maximum absolute atomic E-state index is 9.42. The van der Waals surface area contributed by atoms with Crippen molar-refractivity contribution in [2.75, 3.05) is 40.0 Å². The SMILES string of the molecule is CCOc1ccccc1OCCN1C[C@@H](OC)C[C@H]1CO. The average molecular weight is 295 g/mol. The second-order valence-electron chi connectivity index (χ2n) is 5.15. The van der Waals surface area contributed by atoms with Gasteiger partial charge in [0.25, 0.3) is 0 Å². The van der Waals surface area contributed by atoms with Gasteiger partial charge in [0.1, 0.15) is 6.61 Å². The maximum Gasteiger partial charge on any atom is 0.161 e. The lowest BCUT2D eigenvalue weighted by molar-refractivity contribution is 0.104. The van der Waals surface area contributed by atoms with E-state index in [1.165, 1.54) is 0 Å². The number of aliphatic hydroxyl groups excluding tert-OH is 1. The summed E-state index contributed by atoms with van der Waals surface area (Å²) in [5.74, 6) is 1.54. The maximum atomic E-state index is 9.42. The molecule has 1 saturated heterocycles. The van der Waals surface area contributed by atoms with Crippen LogP contribution in [0.2, 0.25) is 0 Å². The first-order valence-electron chi connectivity index (χ1n) is 7.50. The van der Waals surface area contributed by atoms with Gasteiger partial charge in [0.05, 0.1) is 19.3 Å². The molecule has 0 spiro atoms. The first-order valence-corrected chi connectivity index (χ1v) is 7.50. The highest BCUT2D eigenvalue weighted by Gasteiger charge is 2.31. The Balaban J connectivity index is 1.84. The van der Waals surface area contributed by atoms with Crippen LogP contribution in [0.3, 0.4) is 0 Å². The predicted octanol–water partition coefficient (Wildman–Crippen LogP) is 1.55. The topological polar surface area (TPSA) is 51.2 Å². The van der Waals surface area contributed by atoms with E-state index in [0.717, 1.165) is 31.0 Å². The highest BCUT2D eigenvalue weighted by molar-refractivity contribution is 5.39. The van der Waals surface area contributed by atoms with Gasteiger partial charge in [-0.15, -0.1) is 0 Å². The Morgan fingerprint density at radius 3 is 2.57 bits per heavy atom. The molecule has 5 heteroatoms. The molecule has 0 unspecified atom stereocenters. The van der Waals surface area contributed by atoms with E-state index in [0.29, 0.717) is 13.2 Å². The molecular formula is C16H25NO4. The lowest BCUT2D eigenvalue weighted by Gasteiger charge is -2.22. The van der Waals surface area contributed by atoms with Crippen LogP contribution in [0, 0.1) is 0 Å². The third-order valence-corrected chi connectivity index (χ3v) is 3.82. The fourth-order valence-corrected chi connectivity index (χ4v) is 2.69. The van der Waals surface area contributed by atoms with Crippen LogP contribution in [0.25, 0.3) is 0 Å². The molecule has 1 aromatic carbocycles. The van der Waals surface area contributed by atoms with Crippen molar-refractivity contribution < 1.29 is 19.3 Å². The summed E-state index contributed by atoms with van der Waals surface area (Å²) in [5, 5.41) is 9.42. The molecule has 21 heavy (non-hydrogen) atoms. The lowest BCUT2D eigenvalue weighted by atomic mass is 10.2. The molecule has 0 aliphatic carbocycles. The number of rotatable bonds is 8. The normalized spacial score (nSPS) is 22.4. The Hall–Kier alpha value is -1.30. The molecule has 0 bridgehead atoms. The average Bonchev–Trinajstić information content (AvgIpc) is 2.92. The van der Waals surface area contributed by atoms with Crippen LogP contribution >= 0.6 is 0 Å². The summed E-state index contributed by atoms with van der Waals surface area (Å²) in [4.78, 5) is 2.22. The molecule has 1 N–H and O–H groups in total. The molecule has 2 atom stereocenters. The van der Waals surface area contributed by atoms with Crippen molar-refractivity contribution in [2.24, 2.45) is 0 Å². The summed E-state index contributed by atoms with van der Waals surface area (Å²) in [6.45, 7) is 4.92. The predicted molar refractivity (Wildman–Crippen MR) is 81.0 cm³/mol. The number of hydrogen-bond acceptors (Lipinski definition) is 5. The van der Waals surface area contributed by atoms with Gasteiger partial charge in [0.15, 0.2) is 11.5 Å². The van der Waals surface area contributed by atoms with Crippen molar-refractivity contribution in [3.8, 4) is 11.5 Å². The molecular weight excluding hydrogens is 270 g/mol. The zero-order chi connectivity index (χ0) is 15.1. The number of nitrogens with zero attached hydrogens (tertiary/aromatic N) is 1. The Bertz CT molecular complexity index is 426. The second-order valence-corrected chi connectivity index (χ2v) is 5.15. The van der Waals surface area contributed by atoms with Crippen LogP contribution in [0.15, 0.2) is 24.3 Å². The highest BCUT2D eigenvalue weighted by atomic mass is 16.5. The third-order valence-electron chi connectivity index (χ3n) is 3.82. The number of methoxy groups -OCH3 is 1. The van der Waals surface area contributed by atoms with Gasteiger partial charge in [-0.1, -0.05) is 12.1 Å². The van der Waals surface area contributed by atoms with E-state index < -0.39 is 0 Å². The van der Waals surface area contributed by atoms with E-state index in [1.54, 1.807) is 7.11 Å². The minimum atomic E-state index is 0.162. The second kappa shape index (κ2) is 8.22. The Kier molecular flexibility index (Phi) is 6.29. The molecule has 0 aromatic heterocycles. The van der Waals surface area contributed by atoms with Crippen molar-refractivity contribution in [3.63, 3.8) is 0 Å². The van der Waals surface area contributed by atoms with E-state index in [4.69, 9.17) is 14.2 Å². The van der Waals surface area contributed by atoms with E-state index in [9.17, 15) is 5.11 Å². The molecule has 1 aromatic rings. The fraction of sp³-hybridized carbons (Fsp3) is 0.625. The molecule has 118 valence electrons. The minimum absolute atomic E-state index is 0.162. The zero-order valence-electron chi connectivity index (χ0n) is 12.8. The zero-order valence-corrected chi connectivity index (χ0v) is 12.8. The van der Waals surface area contributed by atoms with Gasteiger partial charge in [-0.2, -0.15) is 0 Å². The summed E-state index contributed by atoms with van der Waals surface area (Å²) in [6.07, 6.45) is 1.08. The monoisotopic (exact) mass is 295 g/mol. The molecule has 5 nitrogen and oxygen atoms in total. The van der Waals surface area contributed by atoms with Crippen LogP contribution in [0.1, 0.15) is 13.3 Å². The van der Waals surface area contributed by atoms with E-state index in [1.807, 2.05) is 31.2 Å².